The van der Waals surface area contributed by atoms with Crippen LogP contribution in [0, 0.1) is 0 Å². The van der Waals surface area contributed by atoms with E-state index in [1.807, 2.05) is 37.2 Å². The summed E-state index contributed by atoms with van der Waals surface area (Å²) in [5.41, 5.74) is 0.942. The van der Waals surface area contributed by atoms with Gasteiger partial charge in [0.1, 0.15) is 0 Å². The van der Waals surface area contributed by atoms with Gasteiger partial charge in [0.05, 0.1) is 6.10 Å². The van der Waals surface area contributed by atoms with Gasteiger partial charge < -0.3 is 10.0 Å². The third-order valence-electron chi connectivity index (χ3n) is 1.75. The topological polar surface area (TPSA) is 36.4 Å². The average Bonchev–Trinajstić information content (AvgIpc) is 2.04. The molecule has 0 bridgehead atoms. The van der Waals surface area contributed by atoms with E-state index in [9.17, 15) is 5.11 Å². The molecule has 1 aromatic rings. The Kier molecular flexibility index (Phi) is 3.86. The van der Waals surface area contributed by atoms with Crippen molar-refractivity contribution >= 4 is 0 Å². The monoisotopic (exact) mass is 180 g/mol. The van der Waals surface area contributed by atoms with Gasteiger partial charge in [-0.15, -0.1) is 0 Å². The van der Waals surface area contributed by atoms with Crippen molar-refractivity contribution < 1.29 is 5.11 Å². The van der Waals surface area contributed by atoms with E-state index in [1.54, 1.807) is 6.20 Å². The maximum atomic E-state index is 9.59. The first kappa shape index (κ1) is 10.2. The number of aliphatic hydroxyl groups is 1. The van der Waals surface area contributed by atoms with Gasteiger partial charge in [-0.25, -0.2) is 0 Å². The third-order valence-corrected chi connectivity index (χ3v) is 1.75. The van der Waals surface area contributed by atoms with Gasteiger partial charge in [-0.3, -0.25) is 4.98 Å². The number of hydrogen-bond donors (Lipinski definition) is 1. The fourth-order valence-electron chi connectivity index (χ4n) is 1.25. The van der Waals surface area contributed by atoms with E-state index in [0.29, 0.717) is 13.0 Å². The van der Waals surface area contributed by atoms with Crippen LogP contribution in [0.2, 0.25) is 0 Å². The Morgan fingerprint density at radius 2 is 2.23 bits per heavy atom. The Bertz CT molecular complexity index is 236. The van der Waals surface area contributed by atoms with E-state index in [2.05, 4.69) is 4.98 Å². The van der Waals surface area contributed by atoms with Crippen molar-refractivity contribution in [3.8, 4) is 0 Å². The van der Waals surface area contributed by atoms with E-state index >= 15 is 0 Å². The van der Waals surface area contributed by atoms with Crippen molar-refractivity contribution in [1.29, 1.82) is 0 Å². The minimum Gasteiger partial charge on any atom is -0.391 e. The molecule has 1 rings (SSSR count). The SMILES string of the molecule is CN(C)CC(O)Cc1ccccn1. The average molecular weight is 180 g/mol. The zero-order valence-corrected chi connectivity index (χ0v) is 8.14. The van der Waals surface area contributed by atoms with Crippen molar-refractivity contribution in [1.82, 2.24) is 9.88 Å². The predicted molar refractivity (Wildman–Crippen MR) is 52.5 cm³/mol. The molecule has 72 valence electrons. The summed E-state index contributed by atoms with van der Waals surface area (Å²) in [6, 6.07) is 5.74. The molecule has 0 radical (unpaired) electrons. The summed E-state index contributed by atoms with van der Waals surface area (Å²) in [6.45, 7) is 0.677. The van der Waals surface area contributed by atoms with E-state index in [-0.39, 0.29) is 6.10 Å². The fraction of sp³-hybridized carbons (Fsp3) is 0.500. The number of rotatable bonds is 4. The van der Waals surface area contributed by atoms with Crippen molar-refractivity contribution in [2.75, 3.05) is 20.6 Å². The zero-order valence-electron chi connectivity index (χ0n) is 8.14. The molecular formula is C10H16N2O. The van der Waals surface area contributed by atoms with Crippen LogP contribution in [-0.4, -0.2) is 41.7 Å². The van der Waals surface area contributed by atoms with Gasteiger partial charge >= 0.3 is 0 Å². The molecule has 0 spiro atoms. The molecule has 0 aliphatic rings. The lowest BCUT2D eigenvalue weighted by Crippen LogP contribution is -2.27. The largest absolute Gasteiger partial charge is 0.391 e. The number of aliphatic hydroxyl groups excluding tert-OH is 1. The molecule has 1 aromatic heterocycles. The molecule has 1 unspecified atom stereocenters. The third kappa shape index (κ3) is 4.01. The summed E-state index contributed by atoms with van der Waals surface area (Å²) in [5, 5.41) is 9.59. The fourth-order valence-corrected chi connectivity index (χ4v) is 1.25. The Morgan fingerprint density at radius 1 is 1.46 bits per heavy atom. The van der Waals surface area contributed by atoms with Gasteiger partial charge in [0.25, 0.3) is 0 Å². The highest BCUT2D eigenvalue weighted by Crippen LogP contribution is 1.99. The minimum absolute atomic E-state index is 0.329. The van der Waals surface area contributed by atoms with Crippen LogP contribution in [0.25, 0.3) is 0 Å². The van der Waals surface area contributed by atoms with Gasteiger partial charge in [-0.2, -0.15) is 0 Å². The van der Waals surface area contributed by atoms with Crippen molar-refractivity contribution in [2.24, 2.45) is 0 Å². The normalized spacial score (nSPS) is 13.2. The minimum atomic E-state index is -0.329. The van der Waals surface area contributed by atoms with Gasteiger partial charge in [0, 0.05) is 24.9 Å². The number of likely N-dealkylation sites (N-methyl/N-ethyl adjacent to an activating group) is 1. The first-order valence-electron chi connectivity index (χ1n) is 4.41. The summed E-state index contributed by atoms with van der Waals surface area (Å²) in [7, 11) is 3.89. The molecule has 0 aromatic carbocycles. The van der Waals surface area contributed by atoms with Crippen LogP contribution in [0.3, 0.4) is 0 Å². The standard InChI is InChI=1S/C10H16N2O/c1-12(2)8-10(13)7-9-5-3-4-6-11-9/h3-6,10,13H,7-8H2,1-2H3. The maximum absolute atomic E-state index is 9.59. The van der Waals surface area contributed by atoms with Crippen molar-refractivity contribution in [3.05, 3.63) is 30.1 Å². The zero-order chi connectivity index (χ0) is 9.68. The molecule has 0 saturated heterocycles. The molecule has 3 heteroatoms. The quantitative estimate of drug-likeness (QED) is 0.735. The molecular weight excluding hydrogens is 164 g/mol. The number of nitrogens with zero attached hydrogens (tertiary/aromatic N) is 2. The second kappa shape index (κ2) is 4.94. The van der Waals surface area contributed by atoms with Crippen LogP contribution in [-0.2, 0) is 6.42 Å². The van der Waals surface area contributed by atoms with Gasteiger partial charge in [-0.05, 0) is 26.2 Å². The molecule has 0 fully saturated rings. The molecule has 0 amide bonds. The van der Waals surface area contributed by atoms with Crippen LogP contribution in [0.5, 0.6) is 0 Å². The Hall–Kier alpha value is -0.930. The summed E-state index contributed by atoms with van der Waals surface area (Å²) in [6.07, 6.45) is 2.04. The van der Waals surface area contributed by atoms with E-state index in [1.165, 1.54) is 0 Å². The lowest BCUT2D eigenvalue weighted by Gasteiger charge is -2.15. The van der Waals surface area contributed by atoms with Crippen LogP contribution in [0.1, 0.15) is 5.69 Å². The lowest BCUT2D eigenvalue weighted by atomic mass is 10.2. The second-order valence-corrected chi connectivity index (χ2v) is 3.44. The molecule has 0 aliphatic heterocycles. The van der Waals surface area contributed by atoms with E-state index in [4.69, 9.17) is 0 Å². The van der Waals surface area contributed by atoms with Gasteiger partial charge in [0.2, 0.25) is 0 Å². The summed E-state index contributed by atoms with van der Waals surface area (Å²) in [5.74, 6) is 0. The van der Waals surface area contributed by atoms with Crippen LogP contribution in [0.4, 0.5) is 0 Å². The highest BCUT2D eigenvalue weighted by atomic mass is 16.3. The number of pyridine rings is 1. The number of hydrogen-bond acceptors (Lipinski definition) is 3. The Morgan fingerprint density at radius 3 is 2.77 bits per heavy atom. The first-order chi connectivity index (χ1) is 6.18. The van der Waals surface area contributed by atoms with Gasteiger partial charge in [-0.1, -0.05) is 6.07 Å². The van der Waals surface area contributed by atoms with E-state index < -0.39 is 0 Å². The summed E-state index contributed by atoms with van der Waals surface area (Å²) < 4.78 is 0. The van der Waals surface area contributed by atoms with E-state index in [0.717, 1.165) is 5.69 Å². The highest BCUT2D eigenvalue weighted by Gasteiger charge is 2.06. The van der Waals surface area contributed by atoms with Gasteiger partial charge in [0.15, 0.2) is 0 Å². The highest BCUT2D eigenvalue weighted by molar-refractivity contribution is 5.04. The molecule has 13 heavy (non-hydrogen) atoms. The molecule has 1 heterocycles. The molecule has 1 N–H and O–H groups in total. The van der Waals surface area contributed by atoms with Crippen LogP contribution >= 0.6 is 0 Å². The Labute approximate surface area is 79.0 Å². The first-order valence-corrected chi connectivity index (χ1v) is 4.41. The molecule has 3 nitrogen and oxygen atoms in total. The smallest absolute Gasteiger partial charge is 0.0722 e. The van der Waals surface area contributed by atoms with Crippen LogP contribution in [0.15, 0.2) is 24.4 Å². The molecule has 1 atom stereocenters. The maximum Gasteiger partial charge on any atom is 0.0722 e. The van der Waals surface area contributed by atoms with Crippen molar-refractivity contribution in [2.45, 2.75) is 12.5 Å². The summed E-state index contributed by atoms with van der Waals surface area (Å²) in [4.78, 5) is 6.11. The predicted octanol–water partition coefficient (Wildman–Crippen LogP) is 0.547. The van der Waals surface area contributed by atoms with Crippen molar-refractivity contribution in [3.63, 3.8) is 0 Å². The summed E-state index contributed by atoms with van der Waals surface area (Å²) >= 11 is 0. The lowest BCUT2D eigenvalue weighted by molar-refractivity contribution is 0.136. The molecule has 0 saturated carbocycles. The number of aromatic nitrogens is 1. The Balaban J connectivity index is 2.41. The molecule has 0 aliphatic carbocycles. The van der Waals surface area contributed by atoms with Crippen LogP contribution < -0.4 is 0 Å². The second-order valence-electron chi connectivity index (χ2n) is 3.44.